The van der Waals surface area contributed by atoms with Gasteiger partial charge in [-0.2, -0.15) is 0 Å². The maximum Gasteiger partial charge on any atom is 0.252 e. The van der Waals surface area contributed by atoms with Crippen LogP contribution >= 0.6 is 0 Å². The van der Waals surface area contributed by atoms with E-state index in [0.717, 1.165) is 0 Å². The number of hydrogen-bond acceptors (Lipinski definition) is 5. The van der Waals surface area contributed by atoms with E-state index in [1.165, 1.54) is 12.1 Å². The zero-order valence-electron chi connectivity index (χ0n) is 14.6. The number of aromatic hydroxyl groups is 1. The fourth-order valence-electron chi connectivity index (χ4n) is 2.70. The number of carbonyl (C=O) groups is 3. The minimum atomic E-state index is -0.782. The fourth-order valence-corrected chi connectivity index (χ4v) is 2.70. The van der Waals surface area contributed by atoms with Gasteiger partial charge < -0.3 is 20.5 Å². The van der Waals surface area contributed by atoms with Crippen molar-refractivity contribution in [3.63, 3.8) is 0 Å². The average Bonchev–Trinajstić information content (AvgIpc) is 2.85. The summed E-state index contributed by atoms with van der Waals surface area (Å²) in [5, 5.41) is 14.8. The van der Waals surface area contributed by atoms with E-state index in [4.69, 9.17) is 4.74 Å². The first-order valence-corrected chi connectivity index (χ1v) is 8.32. The normalized spacial score (nSPS) is 21.2. The highest BCUT2D eigenvalue weighted by Crippen LogP contribution is 2.14. The van der Waals surface area contributed by atoms with Crippen LogP contribution in [0.3, 0.4) is 0 Å². The van der Waals surface area contributed by atoms with Gasteiger partial charge in [-0.15, -0.1) is 0 Å². The molecule has 0 spiro atoms. The number of rotatable bonds is 6. The molecule has 25 heavy (non-hydrogen) atoms. The number of Topliss-reactive ketones (excluding diaryl/α,β-unsaturated/α-hetero) is 1. The van der Waals surface area contributed by atoms with Gasteiger partial charge in [0.15, 0.2) is 5.78 Å². The van der Waals surface area contributed by atoms with Gasteiger partial charge in [-0.3, -0.25) is 14.4 Å². The Labute approximate surface area is 146 Å². The molecule has 3 atom stereocenters. The third-order valence-corrected chi connectivity index (χ3v) is 4.04. The molecule has 0 aromatic heterocycles. The van der Waals surface area contributed by atoms with Crippen LogP contribution < -0.4 is 10.6 Å². The first-order valence-electron chi connectivity index (χ1n) is 8.32. The van der Waals surface area contributed by atoms with Crippen LogP contribution in [0.15, 0.2) is 24.3 Å². The molecule has 7 nitrogen and oxygen atoms in total. The molecule has 1 aliphatic rings. The first kappa shape index (κ1) is 18.9. The van der Waals surface area contributed by atoms with Gasteiger partial charge >= 0.3 is 0 Å². The topological polar surface area (TPSA) is 105 Å². The second kappa shape index (κ2) is 8.11. The molecule has 0 radical (unpaired) electrons. The van der Waals surface area contributed by atoms with Crippen molar-refractivity contribution in [2.75, 3.05) is 6.61 Å². The predicted octanol–water partition coefficient (Wildman–Crippen LogP) is 1.01. The third kappa shape index (κ3) is 5.03. The summed E-state index contributed by atoms with van der Waals surface area (Å²) >= 11 is 0. The number of amides is 2. The van der Waals surface area contributed by atoms with Crippen molar-refractivity contribution in [2.24, 2.45) is 5.92 Å². The molecule has 1 aliphatic heterocycles. The van der Waals surface area contributed by atoms with Crippen molar-refractivity contribution in [1.82, 2.24) is 10.6 Å². The lowest BCUT2D eigenvalue weighted by atomic mass is 10.0. The summed E-state index contributed by atoms with van der Waals surface area (Å²) in [6.07, 6.45) is 0.0323. The number of phenols is 1. The summed E-state index contributed by atoms with van der Waals surface area (Å²) in [4.78, 5) is 36.7. The van der Waals surface area contributed by atoms with E-state index in [-0.39, 0.29) is 29.6 Å². The minimum Gasteiger partial charge on any atom is -0.508 e. The largest absolute Gasteiger partial charge is 0.508 e. The quantitative estimate of drug-likeness (QED) is 0.712. The zero-order chi connectivity index (χ0) is 18.6. The van der Waals surface area contributed by atoms with E-state index >= 15 is 0 Å². The van der Waals surface area contributed by atoms with Gasteiger partial charge in [-0.05, 0) is 37.5 Å². The molecular weight excluding hydrogens is 324 g/mol. The molecule has 0 saturated carbocycles. The van der Waals surface area contributed by atoms with E-state index in [1.54, 1.807) is 19.1 Å². The Morgan fingerprint density at radius 1 is 1.36 bits per heavy atom. The SMILES string of the molecule is CC(C)C[C@H](NC(=O)c1cccc(O)c1)C(=O)N[C@@H]1C(=O)CO[C@@H]1C. The first-order chi connectivity index (χ1) is 11.8. The number of carbonyl (C=O) groups excluding carboxylic acids is 3. The Morgan fingerprint density at radius 3 is 2.64 bits per heavy atom. The number of phenolic OH excluding ortho intramolecular Hbond substituents is 1. The summed E-state index contributed by atoms with van der Waals surface area (Å²) in [6, 6.07) is 4.42. The predicted molar refractivity (Wildman–Crippen MR) is 91.2 cm³/mol. The van der Waals surface area contributed by atoms with Gasteiger partial charge in [-0.25, -0.2) is 0 Å². The Balaban J connectivity index is 2.08. The van der Waals surface area contributed by atoms with Gasteiger partial charge in [0.25, 0.3) is 5.91 Å². The monoisotopic (exact) mass is 348 g/mol. The maximum absolute atomic E-state index is 12.6. The van der Waals surface area contributed by atoms with Crippen molar-refractivity contribution in [1.29, 1.82) is 0 Å². The Kier molecular flexibility index (Phi) is 6.14. The van der Waals surface area contributed by atoms with Gasteiger partial charge in [-0.1, -0.05) is 19.9 Å². The molecule has 2 rings (SSSR count). The Morgan fingerprint density at radius 2 is 2.08 bits per heavy atom. The number of ketones is 1. The highest BCUT2D eigenvalue weighted by Gasteiger charge is 2.35. The lowest BCUT2D eigenvalue weighted by Gasteiger charge is -2.23. The van der Waals surface area contributed by atoms with E-state index in [2.05, 4.69) is 10.6 Å². The number of nitrogens with one attached hydrogen (secondary N) is 2. The highest BCUT2D eigenvalue weighted by atomic mass is 16.5. The van der Waals surface area contributed by atoms with Crippen LogP contribution in [0.5, 0.6) is 5.75 Å². The van der Waals surface area contributed by atoms with Gasteiger partial charge in [0.05, 0.1) is 6.10 Å². The highest BCUT2D eigenvalue weighted by molar-refractivity contribution is 5.99. The van der Waals surface area contributed by atoms with Crippen molar-refractivity contribution in [3.8, 4) is 5.75 Å². The summed E-state index contributed by atoms with van der Waals surface area (Å²) in [5.74, 6) is -0.923. The lowest BCUT2D eigenvalue weighted by Crippen LogP contribution is -2.53. The molecule has 1 aromatic carbocycles. The molecule has 0 unspecified atom stereocenters. The molecule has 3 N–H and O–H groups in total. The average molecular weight is 348 g/mol. The van der Waals surface area contributed by atoms with Crippen molar-refractivity contribution in [2.45, 2.75) is 45.4 Å². The van der Waals surface area contributed by atoms with Crippen LogP contribution in [-0.2, 0) is 14.3 Å². The molecule has 1 fully saturated rings. The van der Waals surface area contributed by atoms with Crippen LogP contribution in [-0.4, -0.2) is 47.5 Å². The summed E-state index contributed by atoms with van der Waals surface area (Å²) in [5.41, 5.74) is 0.259. The molecule has 1 aromatic rings. The van der Waals surface area contributed by atoms with E-state index in [1.807, 2.05) is 13.8 Å². The van der Waals surface area contributed by atoms with E-state index in [9.17, 15) is 19.5 Å². The molecule has 136 valence electrons. The van der Waals surface area contributed by atoms with Crippen LogP contribution in [0, 0.1) is 5.92 Å². The van der Waals surface area contributed by atoms with Crippen LogP contribution in [0.4, 0.5) is 0 Å². The molecule has 2 amide bonds. The van der Waals surface area contributed by atoms with Gasteiger partial charge in [0.1, 0.15) is 24.4 Å². The van der Waals surface area contributed by atoms with Crippen molar-refractivity contribution in [3.05, 3.63) is 29.8 Å². The molecular formula is C18H24N2O5. The van der Waals surface area contributed by atoms with Crippen LogP contribution in [0.25, 0.3) is 0 Å². The smallest absolute Gasteiger partial charge is 0.252 e. The van der Waals surface area contributed by atoms with E-state index in [0.29, 0.717) is 6.42 Å². The van der Waals surface area contributed by atoms with Crippen LogP contribution in [0.1, 0.15) is 37.6 Å². The minimum absolute atomic E-state index is 0.0173. The summed E-state index contributed by atoms with van der Waals surface area (Å²) in [6.45, 7) is 5.58. The van der Waals surface area contributed by atoms with Crippen LogP contribution in [0.2, 0.25) is 0 Å². The molecule has 1 saturated heterocycles. The molecule has 7 heteroatoms. The second-order valence-corrected chi connectivity index (χ2v) is 6.67. The third-order valence-electron chi connectivity index (χ3n) is 4.04. The Hall–Kier alpha value is -2.41. The van der Waals surface area contributed by atoms with Crippen molar-refractivity contribution >= 4 is 17.6 Å². The fraction of sp³-hybridized carbons (Fsp3) is 0.500. The summed E-state index contributed by atoms with van der Waals surface area (Å²) in [7, 11) is 0. The van der Waals surface area contributed by atoms with E-state index < -0.39 is 30.0 Å². The Bertz CT molecular complexity index is 659. The van der Waals surface area contributed by atoms with Gasteiger partial charge in [0.2, 0.25) is 5.91 Å². The van der Waals surface area contributed by atoms with Crippen molar-refractivity contribution < 1.29 is 24.2 Å². The number of hydrogen-bond donors (Lipinski definition) is 3. The standard InChI is InChI=1S/C18H24N2O5/c1-10(2)7-14(18(24)20-16-11(3)25-9-15(16)22)19-17(23)12-5-4-6-13(21)8-12/h4-6,8,10-11,14,16,21H,7,9H2,1-3H3,(H,19,23)(H,20,24)/t11-,14+,16+/m1/s1. The van der Waals surface area contributed by atoms with Gasteiger partial charge in [0, 0.05) is 5.56 Å². The molecule has 0 bridgehead atoms. The second-order valence-electron chi connectivity index (χ2n) is 6.67. The number of benzene rings is 1. The maximum atomic E-state index is 12.6. The lowest BCUT2D eigenvalue weighted by molar-refractivity contribution is -0.127. The summed E-state index contributed by atoms with van der Waals surface area (Å²) < 4.78 is 5.22. The zero-order valence-corrected chi connectivity index (χ0v) is 14.6. The molecule has 0 aliphatic carbocycles. The molecule has 1 heterocycles. The number of ether oxygens (including phenoxy) is 1.